The molecule has 0 atom stereocenters. The molecule has 80 valence electrons. The standard InChI is InChI=1S/C8H10.C4H8O.Na.H2O/c1-7-5-3-4-6-8(7)2;1-3-4(2)5;;/h3-6H,1-2H3;3H2,1-2H3;;1H2/q;;+1;/p-1. The normalized spacial score (nSPS) is 7.47. The van der Waals surface area contributed by atoms with E-state index >= 15 is 0 Å². The number of aryl methyl sites for hydroxylation is 2. The Bertz CT molecular complexity index is 251. The first-order chi connectivity index (χ1) is 6.07. The molecule has 2 nitrogen and oxygen atoms in total. The Morgan fingerprint density at radius 3 is 1.53 bits per heavy atom. The first-order valence-corrected chi connectivity index (χ1v) is 4.59. The number of rotatable bonds is 1. The molecule has 0 heterocycles. The minimum atomic E-state index is 0. The predicted molar refractivity (Wildman–Crippen MR) is 58.8 cm³/mol. The third-order valence-corrected chi connectivity index (χ3v) is 1.92. The molecular weight excluding hydrogens is 199 g/mol. The van der Waals surface area contributed by atoms with E-state index in [-0.39, 0.29) is 40.8 Å². The van der Waals surface area contributed by atoms with E-state index in [4.69, 9.17) is 0 Å². The molecule has 0 saturated heterocycles. The fourth-order valence-electron chi connectivity index (χ4n) is 0.663. The summed E-state index contributed by atoms with van der Waals surface area (Å²) in [5.74, 6) is 0.255. The van der Waals surface area contributed by atoms with E-state index in [2.05, 4.69) is 38.1 Å². The summed E-state index contributed by atoms with van der Waals surface area (Å²) in [5, 5.41) is 0. The van der Waals surface area contributed by atoms with Crippen LogP contribution in [-0.2, 0) is 4.79 Å². The second kappa shape index (κ2) is 11.9. The van der Waals surface area contributed by atoms with Crippen LogP contribution >= 0.6 is 0 Å². The zero-order chi connectivity index (χ0) is 10.3. The molecule has 1 aromatic rings. The number of carbonyl (C=O) groups excluding carboxylic acids is 1. The first kappa shape index (κ1) is 20.3. The van der Waals surface area contributed by atoms with Gasteiger partial charge in [-0.15, -0.1) is 0 Å². The van der Waals surface area contributed by atoms with Gasteiger partial charge in [0.2, 0.25) is 0 Å². The van der Waals surface area contributed by atoms with Gasteiger partial charge >= 0.3 is 29.6 Å². The van der Waals surface area contributed by atoms with E-state index in [9.17, 15) is 4.79 Å². The van der Waals surface area contributed by atoms with Crippen molar-refractivity contribution in [2.75, 3.05) is 0 Å². The fraction of sp³-hybridized carbons (Fsp3) is 0.417. The number of hydrogen-bond donors (Lipinski definition) is 0. The zero-order valence-electron chi connectivity index (χ0n) is 10.4. The summed E-state index contributed by atoms with van der Waals surface area (Å²) in [6.45, 7) is 7.67. The Hall–Kier alpha value is -0.150. The van der Waals surface area contributed by atoms with E-state index in [0.29, 0.717) is 6.42 Å². The molecular formula is C12H19NaO2. The van der Waals surface area contributed by atoms with Crippen molar-refractivity contribution in [3.05, 3.63) is 35.4 Å². The molecule has 0 aliphatic heterocycles. The van der Waals surface area contributed by atoms with Crippen molar-refractivity contribution in [3.63, 3.8) is 0 Å². The van der Waals surface area contributed by atoms with Crippen molar-refractivity contribution < 1.29 is 39.8 Å². The Kier molecular flexibility index (Phi) is 16.1. The minimum Gasteiger partial charge on any atom is -0.870 e. The van der Waals surface area contributed by atoms with Gasteiger partial charge in [-0.05, 0) is 31.9 Å². The average Bonchev–Trinajstić information content (AvgIpc) is 2.11. The van der Waals surface area contributed by atoms with Gasteiger partial charge in [0.25, 0.3) is 0 Å². The van der Waals surface area contributed by atoms with Gasteiger partial charge < -0.3 is 10.3 Å². The molecule has 0 aliphatic rings. The molecule has 15 heavy (non-hydrogen) atoms. The van der Waals surface area contributed by atoms with E-state index in [1.54, 1.807) is 6.92 Å². The van der Waals surface area contributed by atoms with Crippen LogP contribution in [0.25, 0.3) is 0 Å². The summed E-state index contributed by atoms with van der Waals surface area (Å²) in [6, 6.07) is 8.36. The summed E-state index contributed by atoms with van der Waals surface area (Å²) < 4.78 is 0. The van der Waals surface area contributed by atoms with Crippen molar-refractivity contribution in [1.82, 2.24) is 0 Å². The van der Waals surface area contributed by atoms with Crippen molar-refractivity contribution in [2.45, 2.75) is 34.1 Å². The van der Waals surface area contributed by atoms with Gasteiger partial charge in [0.05, 0.1) is 0 Å². The Morgan fingerprint density at radius 1 is 1.13 bits per heavy atom. The maximum atomic E-state index is 9.81. The molecule has 0 bridgehead atoms. The number of ketones is 1. The van der Waals surface area contributed by atoms with Crippen LogP contribution in [0, 0.1) is 13.8 Å². The largest absolute Gasteiger partial charge is 1.00 e. The topological polar surface area (TPSA) is 47.1 Å². The van der Waals surface area contributed by atoms with Gasteiger partial charge in [0.1, 0.15) is 5.78 Å². The Balaban J connectivity index is -0.000000185. The van der Waals surface area contributed by atoms with Crippen LogP contribution in [0.1, 0.15) is 31.4 Å². The molecule has 0 saturated carbocycles. The van der Waals surface area contributed by atoms with Gasteiger partial charge in [0.15, 0.2) is 0 Å². The molecule has 1 rings (SSSR count). The molecule has 1 aromatic carbocycles. The smallest absolute Gasteiger partial charge is 0.870 e. The third kappa shape index (κ3) is 11.8. The van der Waals surface area contributed by atoms with Gasteiger partial charge in [-0.25, -0.2) is 0 Å². The van der Waals surface area contributed by atoms with Crippen LogP contribution in [0.2, 0.25) is 0 Å². The average molecular weight is 218 g/mol. The monoisotopic (exact) mass is 218 g/mol. The molecule has 3 heteroatoms. The van der Waals surface area contributed by atoms with Crippen LogP contribution in [0.15, 0.2) is 24.3 Å². The number of benzene rings is 1. The second-order valence-corrected chi connectivity index (χ2v) is 3.14. The van der Waals surface area contributed by atoms with Gasteiger partial charge in [0, 0.05) is 6.42 Å². The van der Waals surface area contributed by atoms with Crippen LogP contribution < -0.4 is 29.6 Å². The van der Waals surface area contributed by atoms with Crippen LogP contribution in [0.4, 0.5) is 0 Å². The first-order valence-electron chi connectivity index (χ1n) is 4.59. The van der Waals surface area contributed by atoms with Crippen LogP contribution in [0.5, 0.6) is 0 Å². The molecule has 0 unspecified atom stereocenters. The van der Waals surface area contributed by atoms with Crippen molar-refractivity contribution in [1.29, 1.82) is 0 Å². The second-order valence-electron chi connectivity index (χ2n) is 3.14. The summed E-state index contributed by atoms with van der Waals surface area (Å²) in [4.78, 5) is 9.81. The van der Waals surface area contributed by atoms with Crippen molar-refractivity contribution in [3.8, 4) is 0 Å². The molecule has 0 aliphatic carbocycles. The molecule has 0 spiro atoms. The number of hydrogen-bond acceptors (Lipinski definition) is 2. The fourth-order valence-corrected chi connectivity index (χ4v) is 0.663. The van der Waals surface area contributed by atoms with E-state index in [1.807, 2.05) is 6.92 Å². The number of carbonyl (C=O) groups is 1. The van der Waals surface area contributed by atoms with Gasteiger partial charge in [-0.2, -0.15) is 0 Å². The van der Waals surface area contributed by atoms with Gasteiger partial charge in [-0.1, -0.05) is 31.2 Å². The Morgan fingerprint density at radius 2 is 1.40 bits per heavy atom. The SMILES string of the molecule is CCC(C)=O.Cc1ccccc1C.[Na+].[OH-]. The molecule has 0 fully saturated rings. The maximum absolute atomic E-state index is 9.81. The van der Waals surface area contributed by atoms with Crippen LogP contribution in [0.3, 0.4) is 0 Å². The molecule has 0 radical (unpaired) electrons. The van der Waals surface area contributed by atoms with Gasteiger partial charge in [-0.3, -0.25) is 0 Å². The summed E-state index contributed by atoms with van der Waals surface area (Å²) in [7, 11) is 0. The van der Waals surface area contributed by atoms with Crippen molar-refractivity contribution in [2.24, 2.45) is 0 Å². The van der Waals surface area contributed by atoms with E-state index in [0.717, 1.165) is 0 Å². The molecule has 0 aromatic heterocycles. The molecule has 0 amide bonds. The van der Waals surface area contributed by atoms with Crippen molar-refractivity contribution >= 4 is 5.78 Å². The maximum Gasteiger partial charge on any atom is 1.00 e. The predicted octanol–water partition coefficient (Wildman–Crippen LogP) is 0.116. The number of Topliss-reactive ketones (excluding diaryl/α,β-unsaturated/α-hetero) is 1. The third-order valence-electron chi connectivity index (χ3n) is 1.92. The summed E-state index contributed by atoms with van der Waals surface area (Å²) in [5.41, 5.74) is 2.74. The minimum absolute atomic E-state index is 0. The Labute approximate surface area is 115 Å². The molecule has 1 N–H and O–H groups in total. The summed E-state index contributed by atoms with van der Waals surface area (Å²) >= 11 is 0. The zero-order valence-corrected chi connectivity index (χ0v) is 12.4. The van der Waals surface area contributed by atoms with E-state index in [1.165, 1.54) is 11.1 Å². The quantitative estimate of drug-likeness (QED) is 0.628. The summed E-state index contributed by atoms with van der Waals surface area (Å²) in [6.07, 6.45) is 0.667. The van der Waals surface area contributed by atoms with E-state index < -0.39 is 0 Å². The van der Waals surface area contributed by atoms with Crippen LogP contribution in [-0.4, -0.2) is 11.3 Å².